The summed E-state index contributed by atoms with van der Waals surface area (Å²) in [5.41, 5.74) is 1.74. The van der Waals surface area contributed by atoms with Crippen molar-refractivity contribution in [2.24, 2.45) is 0 Å². The number of anilines is 1. The van der Waals surface area contributed by atoms with E-state index in [-0.39, 0.29) is 18.4 Å². The second-order valence-corrected chi connectivity index (χ2v) is 10.7. The molecule has 0 bridgehead atoms. The lowest BCUT2D eigenvalue weighted by molar-refractivity contribution is -0.114. The first-order valence-corrected chi connectivity index (χ1v) is 12.3. The number of sulfonamides is 1. The number of hydrogen-bond donors (Lipinski definition) is 2. The highest BCUT2D eigenvalue weighted by atomic mass is 32.2. The monoisotopic (exact) mass is 449 g/mol. The van der Waals surface area contributed by atoms with Gasteiger partial charge in [0.15, 0.2) is 0 Å². The summed E-state index contributed by atoms with van der Waals surface area (Å²) >= 11 is 1.19. The quantitative estimate of drug-likeness (QED) is 0.705. The van der Waals surface area contributed by atoms with Crippen LogP contribution < -0.4 is 10.6 Å². The molecule has 2 heterocycles. The Labute approximate surface area is 181 Å². The third-order valence-electron chi connectivity index (χ3n) is 5.11. The summed E-state index contributed by atoms with van der Waals surface area (Å²) < 4.78 is 27.7. The van der Waals surface area contributed by atoms with E-state index < -0.39 is 10.0 Å². The molecule has 1 aliphatic rings. The summed E-state index contributed by atoms with van der Waals surface area (Å²) in [4.78, 5) is 24.7. The molecule has 0 spiro atoms. The number of nitrogens with zero attached hydrogens (tertiary/aromatic N) is 1. The molecule has 2 N–H and O–H groups in total. The van der Waals surface area contributed by atoms with Gasteiger partial charge in [0.25, 0.3) is 15.9 Å². The van der Waals surface area contributed by atoms with Gasteiger partial charge < -0.3 is 10.6 Å². The number of nitrogens with one attached hydrogen (secondary N) is 2. The van der Waals surface area contributed by atoms with E-state index >= 15 is 0 Å². The molecule has 3 rings (SSSR count). The minimum atomic E-state index is -3.48. The Morgan fingerprint density at radius 3 is 2.43 bits per heavy atom. The van der Waals surface area contributed by atoms with Crippen LogP contribution in [0.15, 0.2) is 34.5 Å². The fraction of sp³-hybridized carbons (Fsp3) is 0.429. The minimum Gasteiger partial charge on any atom is -0.347 e. The zero-order valence-electron chi connectivity index (χ0n) is 17.2. The van der Waals surface area contributed by atoms with Gasteiger partial charge in [-0.2, -0.15) is 4.31 Å². The highest BCUT2D eigenvalue weighted by molar-refractivity contribution is 7.91. The molecule has 9 heteroatoms. The molecule has 162 valence electrons. The number of amides is 2. The van der Waals surface area contributed by atoms with E-state index in [1.165, 1.54) is 18.3 Å². The highest BCUT2D eigenvalue weighted by Crippen LogP contribution is 2.27. The molecule has 1 fully saturated rings. The first-order chi connectivity index (χ1) is 14.3. The van der Waals surface area contributed by atoms with Crippen molar-refractivity contribution in [1.82, 2.24) is 9.62 Å². The topological polar surface area (TPSA) is 95.6 Å². The average molecular weight is 450 g/mol. The number of thiophene rings is 1. The molecule has 0 saturated carbocycles. The Bertz CT molecular complexity index is 1020. The van der Waals surface area contributed by atoms with Crippen molar-refractivity contribution in [1.29, 1.82) is 0 Å². The molecular formula is C21H27N3O4S2. The zero-order chi connectivity index (χ0) is 21.7. The molecule has 0 unspecified atom stereocenters. The molecule has 1 aromatic carbocycles. The summed E-state index contributed by atoms with van der Waals surface area (Å²) in [5.74, 6) is -0.475. The first kappa shape index (κ1) is 22.5. The van der Waals surface area contributed by atoms with Crippen molar-refractivity contribution in [3.05, 3.63) is 46.3 Å². The van der Waals surface area contributed by atoms with E-state index in [1.54, 1.807) is 41.6 Å². The molecule has 2 aromatic rings. The minimum absolute atomic E-state index is 0.201. The largest absolute Gasteiger partial charge is 0.347 e. The van der Waals surface area contributed by atoms with Crippen LogP contribution in [0.3, 0.4) is 0 Å². The maximum atomic E-state index is 12.9. The Balaban J connectivity index is 1.67. The Morgan fingerprint density at radius 1 is 1.07 bits per heavy atom. The normalized spacial score (nSPS) is 15.4. The van der Waals surface area contributed by atoms with Crippen LogP contribution in [0.5, 0.6) is 0 Å². The molecule has 7 nitrogen and oxygen atoms in total. The van der Waals surface area contributed by atoms with Crippen LogP contribution in [-0.4, -0.2) is 37.6 Å². The lowest BCUT2D eigenvalue weighted by Crippen LogP contribution is -2.31. The van der Waals surface area contributed by atoms with Crippen molar-refractivity contribution in [2.45, 2.75) is 50.3 Å². The standard InChI is InChI=1S/C21H27N3O4S2/c1-15-18(8-7-9-19(15)23-16(2)25)21(26)22-14-17-10-11-20(29-17)30(27,28)24-12-5-3-4-6-13-24/h7-11H,3-6,12-14H2,1-2H3,(H,22,26)(H,23,25). The van der Waals surface area contributed by atoms with Gasteiger partial charge in [0.05, 0.1) is 6.54 Å². The van der Waals surface area contributed by atoms with Gasteiger partial charge in [-0.05, 0) is 49.6 Å². The number of carbonyl (C=O) groups excluding carboxylic acids is 2. The lowest BCUT2D eigenvalue weighted by Gasteiger charge is -2.18. The molecule has 0 radical (unpaired) electrons. The van der Waals surface area contributed by atoms with E-state index in [4.69, 9.17) is 0 Å². The van der Waals surface area contributed by atoms with Gasteiger partial charge in [-0.15, -0.1) is 11.3 Å². The maximum Gasteiger partial charge on any atom is 0.252 e. The van der Waals surface area contributed by atoms with Gasteiger partial charge in [-0.25, -0.2) is 8.42 Å². The Morgan fingerprint density at radius 2 is 1.77 bits per heavy atom. The van der Waals surface area contributed by atoms with Crippen LogP contribution in [0.2, 0.25) is 0 Å². The SMILES string of the molecule is CC(=O)Nc1cccc(C(=O)NCc2ccc(S(=O)(=O)N3CCCCCC3)s2)c1C. The van der Waals surface area contributed by atoms with E-state index in [2.05, 4.69) is 10.6 Å². The highest BCUT2D eigenvalue weighted by Gasteiger charge is 2.26. The second-order valence-electron chi connectivity index (χ2n) is 7.38. The lowest BCUT2D eigenvalue weighted by atomic mass is 10.1. The smallest absolute Gasteiger partial charge is 0.252 e. The molecule has 0 atom stereocenters. The van der Waals surface area contributed by atoms with Crippen molar-refractivity contribution >= 4 is 38.9 Å². The third kappa shape index (κ3) is 5.27. The molecule has 2 amide bonds. The molecule has 1 aliphatic heterocycles. The molecule has 30 heavy (non-hydrogen) atoms. The fourth-order valence-electron chi connectivity index (χ4n) is 3.47. The summed E-state index contributed by atoms with van der Waals surface area (Å²) in [7, 11) is -3.48. The third-order valence-corrected chi connectivity index (χ3v) is 8.56. The molecule has 1 aromatic heterocycles. The predicted molar refractivity (Wildman–Crippen MR) is 118 cm³/mol. The van der Waals surface area contributed by atoms with Gasteiger partial charge in [0, 0.05) is 36.1 Å². The number of carbonyl (C=O) groups is 2. The van der Waals surface area contributed by atoms with Gasteiger partial charge in [-0.1, -0.05) is 18.9 Å². The van der Waals surface area contributed by atoms with Crippen LogP contribution in [0.1, 0.15) is 53.4 Å². The zero-order valence-corrected chi connectivity index (χ0v) is 18.9. The van der Waals surface area contributed by atoms with Gasteiger partial charge in [0.2, 0.25) is 5.91 Å². The van der Waals surface area contributed by atoms with Gasteiger partial charge in [0.1, 0.15) is 4.21 Å². The van der Waals surface area contributed by atoms with Crippen LogP contribution in [-0.2, 0) is 21.4 Å². The van der Waals surface area contributed by atoms with Crippen molar-refractivity contribution < 1.29 is 18.0 Å². The summed E-state index contributed by atoms with van der Waals surface area (Å²) in [6, 6.07) is 8.52. The molecule has 0 aliphatic carbocycles. The van der Waals surface area contributed by atoms with Crippen LogP contribution >= 0.6 is 11.3 Å². The van der Waals surface area contributed by atoms with E-state index in [0.717, 1.165) is 30.6 Å². The maximum absolute atomic E-state index is 12.9. The second kappa shape index (κ2) is 9.72. The van der Waals surface area contributed by atoms with Crippen molar-refractivity contribution in [3.8, 4) is 0 Å². The molecule has 1 saturated heterocycles. The van der Waals surface area contributed by atoms with E-state index in [1.807, 2.05) is 0 Å². The molecular weight excluding hydrogens is 422 g/mol. The Kier molecular flexibility index (Phi) is 7.27. The van der Waals surface area contributed by atoms with Crippen molar-refractivity contribution in [2.75, 3.05) is 18.4 Å². The van der Waals surface area contributed by atoms with E-state index in [0.29, 0.717) is 34.1 Å². The summed E-state index contributed by atoms with van der Waals surface area (Å²) in [6.45, 7) is 4.56. The average Bonchev–Trinajstić information content (AvgIpc) is 3.01. The van der Waals surface area contributed by atoms with Crippen LogP contribution in [0.25, 0.3) is 0 Å². The van der Waals surface area contributed by atoms with Crippen LogP contribution in [0, 0.1) is 6.92 Å². The Hall–Kier alpha value is -2.23. The van der Waals surface area contributed by atoms with E-state index in [9.17, 15) is 18.0 Å². The number of hydrogen-bond acceptors (Lipinski definition) is 5. The van der Waals surface area contributed by atoms with Gasteiger partial charge >= 0.3 is 0 Å². The first-order valence-electron chi connectivity index (χ1n) is 10.0. The van der Waals surface area contributed by atoms with Gasteiger partial charge in [-0.3, -0.25) is 9.59 Å². The summed E-state index contributed by atoms with van der Waals surface area (Å²) in [6.07, 6.45) is 3.92. The van der Waals surface area contributed by atoms with Crippen LogP contribution in [0.4, 0.5) is 5.69 Å². The fourth-order valence-corrected chi connectivity index (χ4v) is 6.44. The van der Waals surface area contributed by atoms with Crippen molar-refractivity contribution in [3.63, 3.8) is 0 Å². The summed E-state index contributed by atoms with van der Waals surface area (Å²) in [5, 5.41) is 5.55. The predicted octanol–water partition coefficient (Wildman–Crippen LogP) is 3.51. The number of benzene rings is 1. The number of rotatable bonds is 6.